The van der Waals surface area contributed by atoms with E-state index in [1.54, 1.807) is 17.6 Å². The molecule has 148 valence electrons. The Morgan fingerprint density at radius 2 is 1.93 bits per heavy atom. The van der Waals surface area contributed by atoms with Crippen molar-refractivity contribution in [2.24, 2.45) is 0 Å². The van der Waals surface area contributed by atoms with Crippen molar-refractivity contribution in [3.63, 3.8) is 0 Å². The van der Waals surface area contributed by atoms with Gasteiger partial charge in [0.05, 0.1) is 22.5 Å². The SMILES string of the molecule is CCOC(=O)c1c(N)n(CCNC(=O)c2cccs2)c2nc3ccccc3nc12. The van der Waals surface area contributed by atoms with Crippen LogP contribution in [0.15, 0.2) is 41.8 Å². The number of carbonyl (C=O) groups excluding carboxylic acids is 2. The fraction of sp³-hybridized carbons (Fsp3) is 0.200. The molecule has 29 heavy (non-hydrogen) atoms. The minimum absolute atomic E-state index is 0.155. The van der Waals surface area contributed by atoms with Crippen molar-refractivity contribution in [2.75, 3.05) is 18.9 Å². The van der Waals surface area contributed by atoms with E-state index in [9.17, 15) is 9.59 Å². The van der Waals surface area contributed by atoms with Crippen LogP contribution in [0.2, 0.25) is 0 Å². The molecule has 0 aliphatic carbocycles. The number of aromatic nitrogens is 3. The molecular weight excluding hydrogens is 390 g/mol. The third kappa shape index (κ3) is 3.52. The molecule has 0 radical (unpaired) electrons. The minimum Gasteiger partial charge on any atom is -0.462 e. The first-order valence-electron chi connectivity index (χ1n) is 9.13. The molecule has 0 fully saturated rings. The van der Waals surface area contributed by atoms with Gasteiger partial charge in [-0.3, -0.25) is 4.79 Å². The number of anilines is 1. The summed E-state index contributed by atoms with van der Waals surface area (Å²) in [5, 5.41) is 4.70. The predicted octanol–water partition coefficient (Wildman–Crippen LogP) is 2.83. The van der Waals surface area contributed by atoms with Crippen LogP contribution in [0.1, 0.15) is 27.0 Å². The van der Waals surface area contributed by atoms with E-state index < -0.39 is 5.97 Å². The zero-order valence-electron chi connectivity index (χ0n) is 15.7. The van der Waals surface area contributed by atoms with E-state index in [4.69, 9.17) is 10.5 Å². The Hall–Kier alpha value is -3.46. The third-order valence-corrected chi connectivity index (χ3v) is 5.31. The Morgan fingerprint density at radius 1 is 1.17 bits per heavy atom. The fourth-order valence-electron chi connectivity index (χ4n) is 3.12. The van der Waals surface area contributed by atoms with Gasteiger partial charge in [0, 0.05) is 13.1 Å². The molecule has 0 aliphatic rings. The largest absolute Gasteiger partial charge is 0.462 e. The van der Waals surface area contributed by atoms with Crippen LogP contribution in [0.25, 0.3) is 22.2 Å². The van der Waals surface area contributed by atoms with Gasteiger partial charge in [-0.15, -0.1) is 11.3 Å². The molecule has 0 unspecified atom stereocenters. The maximum atomic E-state index is 12.5. The van der Waals surface area contributed by atoms with Gasteiger partial charge in [0.25, 0.3) is 5.91 Å². The summed E-state index contributed by atoms with van der Waals surface area (Å²) in [6, 6.07) is 11.0. The Morgan fingerprint density at radius 3 is 2.62 bits per heavy atom. The molecule has 3 heterocycles. The van der Waals surface area contributed by atoms with Gasteiger partial charge in [-0.1, -0.05) is 18.2 Å². The van der Waals surface area contributed by atoms with Crippen molar-refractivity contribution >= 4 is 51.2 Å². The maximum Gasteiger partial charge on any atom is 0.344 e. The molecule has 4 rings (SSSR count). The minimum atomic E-state index is -0.541. The molecule has 0 atom stereocenters. The van der Waals surface area contributed by atoms with Crippen molar-refractivity contribution < 1.29 is 14.3 Å². The normalized spacial score (nSPS) is 11.1. The van der Waals surface area contributed by atoms with Gasteiger partial charge in [0.15, 0.2) is 5.65 Å². The van der Waals surface area contributed by atoms with Crippen LogP contribution < -0.4 is 11.1 Å². The first-order valence-corrected chi connectivity index (χ1v) is 10.0. The summed E-state index contributed by atoms with van der Waals surface area (Å²) < 4.78 is 6.86. The number of nitrogen functional groups attached to an aromatic ring is 1. The number of nitrogens with two attached hydrogens (primary N) is 1. The average Bonchev–Trinajstić information content (AvgIpc) is 3.34. The Labute approximate surface area is 170 Å². The van der Waals surface area contributed by atoms with Crippen molar-refractivity contribution in [3.05, 3.63) is 52.2 Å². The summed E-state index contributed by atoms with van der Waals surface area (Å²) in [7, 11) is 0. The number of hydrogen-bond acceptors (Lipinski definition) is 7. The third-order valence-electron chi connectivity index (χ3n) is 4.44. The molecule has 3 N–H and O–H groups in total. The number of fused-ring (bicyclic) bond motifs is 2. The molecule has 9 heteroatoms. The number of carbonyl (C=O) groups is 2. The first kappa shape index (κ1) is 18.9. The second kappa shape index (κ2) is 7.88. The van der Waals surface area contributed by atoms with Gasteiger partial charge in [-0.05, 0) is 30.5 Å². The number of para-hydroxylation sites is 2. The second-order valence-corrected chi connectivity index (χ2v) is 7.20. The number of nitrogens with one attached hydrogen (secondary N) is 1. The molecule has 0 bridgehead atoms. The average molecular weight is 409 g/mol. The van der Waals surface area contributed by atoms with Gasteiger partial charge >= 0.3 is 5.97 Å². The predicted molar refractivity (Wildman–Crippen MR) is 112 cm³/mol. The van der Waals surface area contributed by atoms with Crippen molar-refractivity contribution in [1.29, 1.82) is 0 Å². The first-order chi connectivity index (χ1) is 14.1. The number of hydrogen-bond donors (Lipinski definition) is 2. The smallest absolute Gasteiger partial charge is 0.344 e. The molecule has 1 amide bonds. The molecule has 0 aliphatic heterocycles. The van der Waals surface area contributed by atoms with Crippen LogP contribution >= 0.6 is 11.3 Å². The lowest BCUT2D eigenvalue weighted by molar-refractivity contribution is 0.0529. The molecule has 8 nitrogen and oxygen atoms in total. The van der Waals surface area contributed by atoms with Gasteiger partial charge in [0.2, 0.25) is 0 Å². The molecule has 0 saturated heterocycles. The summed E-state index contributed by atoms with van der Waals surface area (Å²) in [5.41, 5.74) is 8.72. The zero-order chi connectivity index (χ0) is 20.4. The summed E-state index contributed by atoms with van der Waals surface area (Å²) in [4.78, 5) is 34.6. The van der Waals surface area contributed by atoms with E-state index in [-0.39, 0.29) is 23.9 Å². The monoisotopic (exact) mass is 409 g/mol. The van der Waals surface area contributed by atoms with Crippen LogP contribution in [0.3, 0.4) is 0 Å². The molecule has 4 aromatic rings. The Bertz CT molecular complexity index is 1200. The van der Waals surface area contributed by atoms with Crippen molar-refractivity contribution in [3.8, 4) is 0 Å². The standard InChI is InChI=1S/C20H19N5O3S/c1-2-28-20(27)15-16-18(24-13-7-4-3-6-12(13)23-16)25(17(15)21)10-9-22-19(26)14-8-5-11-29-14/h3-8,11H,2,9-10,21H2,1H3,(H,22,26). The topological polar surface area (TPSA) is 112 Å². The quantitative estimate of drug-likeness (QED) is 0.474. The highest BCUT2D eigenvalue weighted by Crippen LogP contribution is 2.28. The van der Waals surface area contributed by atoms with Crippen LogP contribution in [-0.4, -0.2) is 39.6 Å². The highest BCUT2D eigenvalue weighted by molar-refractivity contribution is 7.12. The van der Waals surface area contributed by atoms with Crippen molar-refractivity contribution in [2.45, 2.75) is 13.5 Å². The maximum absolute atomic E-state index is 12.5. The van der Waals surface area contributed by atoms with Gasteiger partial charge in [0.1, 0.15) is 16.9 Å². The van der Waals surface area contributed by atoms with Crippen LogP contribution in [0, 0.1) is 0 Å². The van der Waals surface area contributed by atoms with E-state index in [0.717, 1.165) is 0 Å². The Kier molecular flexibility index (Phi) is 5.13. The number of rotatable bonds is 6. The molecule has 1 aromatic carbocycles. The lowest BCUT2D eigenvalue weighted by atomic mass is 10.2. The molecule has 0 spiro atoms. The zero-order valence-corrected chi connectivity index (χ0v) is 16.5. The van der Waals surface area contributed by atoms with E-state index in [2.05, 4.69) is 15.3 Å². The fourth-order valence-corrected chi connectivity index (χ4v) is 3.76. The van der Waals surface area contributed by atoms with E-state index >= 15 is 0 Å². The van der Waals surface area contributed by atoms with Crippen molar-refractivity contribution in [1.82, 2.24) is 19.9 Å². The highest BCUT2D eigenvalue weighted by Gasteiger charge is 2.24. The van der Waals surface area contributed by atoms with E-state index in [0.29, 0.717) is 40.2 Å². The Balaban J connectivity index is 1.71. The summed E-state index contributed by atoms with van der Waals surface area (Å²) in [6.07, 6.45) is 0. The van der Waals surface area contributed by atoms with E-state index in [1.807, 2.05) is 35.7 Å². The number of esters is 1. The number of amides is 1. The number of ether oxygens (including phenoxy) is 1. The van der Waals surface area contributed by atoms with Crippen LogP contribution in [0.4, 0.5) is 5.82 Å². The van der Waals surface area contributed by atoms with Crippen LogP contribution in [-0.2, 0) is 11.3 Å². The van der Waals surface area contributed by atoms with Gasteiger partial charge in [-0.25, -0.2) is 14.8 Å². The summed E-state index contributed by atoms with van der Waals surface area (Å²) in [6.45, 7) is 2.62. The van der Waals surface area contributed by atoms with Gasteiger partial charge in [-0.2, -0.15) is 0 Å². The number of nitrogens with zero attached hydrogens (tertiary/aromatic N) is 3. The molecule has 3 aromatic heterocycles. The summed E-state index contributed by atoms with van der Waals surface area (Å²) in [5.74, 6) is -0.475. The van der Waals surface area contributed by atoms with Crippen LogP contribution in [0.5, 0.6) is 0 Å². The lowest BCUT2D eigenvalue weighted by Gasteiger charge is -2.09. The molecular formula is C20H19N5O3S. The second-order valence-electron chi connectivity index (χ2n) is 6.25. The molecule has 0 saturated carbocycles. The number of thiophene rings is 1. The summed E-state index contributed by atoms with van der Waals surface area (Å²) >= 11 is 1.37. The van der Waals surface area contributed by atoms with Gasteiger partial charge < -0.3 is 20.4 Å². The highest BCUT2D eigenvalue weighted by atomic mass is 32.1. The number of benzene rings is 1. The van der Waals surface area contributed by atoms with E-state index in [1.165, 1.54) is 11.3 Å². The lowest BCUT2D eigenvalue weighted by Crippen LogP contribution is -2.27.